The lowest BCUT2D eigenvalue weighted by molar-refractivity contribution is 0.496. The fourth-order valence-corrected chi connectivity index (χ4v) is 3.29. The van der Waals surface area contributed by atoms with Crippen molar-refractivity contribution in [2.75, 3.05) is 5.32 Å². The Balaban J connectivity index is 1.60. The maximum absolute atomic E-state index is 6.12. The summed E-state index contributed by atoms with van der Waals surface area (Å²) in [4.78, 5) is 13.0. The minimum Gasteiger partial charge on any atom is -0.444 e. The van der Waals surface area contributed by atoms with Crippen LogP contribution in [0.1, 0.15) is 5.01 Å². The number of hydrogen-bond acceptors (Lipinski definition) is 6. The van der Waals surface area contributed by atoms with Gasteiger partial charge in [0.15, 0.2) is 0 Å². The molecule has 0 aliphatic carbocycles. The molecule has 3 aromatic heterocycles. The number of rotatable bonds is 5. The van der Waals surface area contributed by atoms with Gasteiger partial charge in [-0.25, -0.2) is 9.97 Å². The summed E-state index contributed by atoms with van der Waals surface area (Å²) in [5, 5.41) is 4.95. The fraction of sp³-hybridized carbons (Fsp3) is 0.0500. The van der Waals surface area contributed by atoms with E-state index in [1.807, 2.05) is 61.5 Å². The van der Waals surface area contributed by atoms with Gasteiger partial charge in [0.2, 0.25) is 5.06 Å². The summed E-state index contributed by atoms with van der Waals surface area (Å²) < 4.78 is 6.12. The highest BCUT2D eigenvalue weighted by Crippen LogP contribution is 2.38. The first-order chi connectivity index (χ1) is 12.8. The second kappa shape index (κ2) is 7.33. The Bertz CT molecular complexity index is 1000. The Morgan fingerprint density at radius 3 is 2.69 bits per heavy atom. The molecule has 0 aliphatic heterocycles. The average Bonchev–Trinajstić information content (AvgIpc) is 3.04. The molecule has 3 heterocycles. The van der Waals surface area contributed by atoms with Gasteiger partial charge in [-0.2, -0.15) is 0 Å². The number of pyridine rings is 2. The van der Waals surface area contributed by atoms with E-state index in [-0.39, 0.29) is 0 Å². The van der Waals surface area contributed by atoms with Crippen LogP contribution in [0.4, 0.5) is 11.5 Å². The normalized spacial score (nSPS) is 10.5. The topological polar surface area (TPSA) is 59.9 Å². The minimum atomic E-state index is 0.693. The van der Waals surface area contributed by atoms with Crippen molar-refractivity contribution in [1.82, 2.24) is 15.0 Å². The molecule has 5 nitrogen and oxygen atoms in total. The molecule has 0 aliphatic rings. The molecule has 0 saturated heterocycles. The lowest BCUT2D eigenvalue weighted by Gasteiger charge is -2.08. The number of thiazole rings is 1. The van der Waals surface area contributed by atoms with Gasteiger partial charge in [-0.05, 0) is 25.1 Å². The van der Waals surface area contributed by atoms with E-state index in [1.165, 1.54) is 11.3 Å². The molecule has 6 heteroatoms. The predicted molar refractivity (Wildman–Crippen MR) is 104 cm³/mol. The SMILES string of the molecule is Cc1nc(-c2ccccc2)c(Oc2ccnc(Nc3cccnc3)c2)s1. The zero-order valence-corrected chi connectivity index (χ0v) is 14.9. The minimum absolute atomic E-state index is 0.693. The highest BCUT2D eigenvalue weighted by molar-refractivity contribution is 7.13. The van der Waals surface area contributed by atoms with Gasteiger partial charge in [0, 0.05) is 24.0 Å². The van der Waals surface area contributed by atoms with Crippen LogP contribution in [-0.4, -0.2) is 15.0 Å². The van der Waals surface area contributed by atoms with Crippen LogP contribution >= 0.6 is 11.3 Å². The quantitative estimate of drug-likeness (QED) is 0.513. The predicted octanol–water partition coefficient (Wildman–Crippen LogP) is 5.44. The third kappa shape index (κ3) is 3.70. The summed E-state index contributed by atoms with van der Waals surface area (Å²) >= 11 is 1.53. The maximum atomic E-state index is 6.12. The first kappa shape index (κ1) is 16.2. The molecule has 128 valence electrons. The Hall–Kier alpha value is -3.25. The molecular weight excluding hydrogens is 344 g/mol. The molecule has 0 unspecified atom stereocenters. The van der Waals surface area contributed by atoms with Crippen LogP contribution < -0.4 is 10.1 Å². The van der Waals surface area contributed by atoms with Crippen molar-refractivity contribution in [3.05, 3.63) is 78.2 Å². The third-order valence-corrected chi connectivity index (χ3v) is 4.47. The van der Waals surface area contributed by atoms with Crippen molar-refractivity contribution < 1.29 is 4.74 Å². The largest absolute Gasteiger partial charge is 0.444 e. The van der Waals surface area contributed by atoms with Crippen LogP contribution in [0, 0.1) is 6.92 Å². The number of nitrogens with zero attached hydrogens (tertiary/aromatic N) is 3. The number of hydrogen-bond donors (Lipinski definition) is 1. The van der Waals surface area contributed by atoms with Gasteiger partial charge in [0.1, 0.15) is 17.3 Å². The van der Waals surface area contributed by atoms with Crippen molar-refractivity contribution in [3.8, 4) is 22.1 Å². The van der Waals surface area contributed by atoms with Gasteiger partial charge in [-0.1, -0.05) is 41.7 Å². The summed E-state index contributed by atoms with van der Waals surface area (Å²) in [6, 6.07) is 17.5. The van der Waals surface area contributed by atoms with Crippen LogP contribution in [-0.2, 0) is 0 Å². The van der Waals surface area contributed by atoms with Crippen molar-refractivity contribution >= 4 is 22.8 Å². The van der Waals surface area contributed by atoms with E-state index in [4.69, 9.17) is 4.74 Å². The lowest BCUT2D eigenvalue weighted by Crippen LogP contribution is -1.94. The van der Waals surface area contributed by atoms with E-state index in [0.717, 1.165) is 27.0 Å². The molecule has 0 amide bonds. The second-order valence-electron chi connectivity index (χ2n) is 5.58. The summed E-state index contributed by atoms with van der Waals surface area (Å²) in [5.74, 6) is 1.39. The third-order valence-electron chi connectivity index (χ3n) is 3.63. The van der Waals surface area contributed by atoms with Crippen molar-refractivity contribution in [3.63, 3.8) is 0 Å². The van der Waals surface area contributed by atoms with E-state index in [2.05, 4.69) is 20.3 Å². The molecule has 4 aromatic rings. The Kier molecular flexibility index (Phi) is 4.57. The Morgan fingerprint density at radius 1 is 1.00 bits per heavy atom. The lowest BCUT2D eigenvalue weighted by atomic mass is 10.2. The maximum Gasteiger partial charge on any atom is 0.208 e. The number of ether oxygens (including phenoxy) is 1. The molecule has 4 rings (SSSR count). The van der Waals surface area contributed by atoms with Crippen molar-refractivity contribution in [2.24, 2.45) is 0 Å². The van der Waals surface area contributed by atoms with Gasteiger partial charge in [-0.15, -0.1) is 0 Å². The Labute approximate surface area is 155 Å². The Morgan fingerprint density at radius 2 is 1.88 bits per heavy atom. The van der Waals surface area contributed by atoms with Crippen molar-refractivity contribution in [2.45, 2.75) is 6.92 Å². The zero-order chi connectivity index (χ0) is 17.8. The van der Waals surface area contributed by atoms with E-state index in [9.17, 15) is 0 Å². The molecule has 0 radical (unpaired) electrons. The van der Waals surface area contributed by atoms with Gasteiger partial charge < -0.3 is 10.1 Å². The summed E-state index contributed by atoms with van der Waals surface area (Å²) in [6.45, 7) is 1.98. The smallest absolute Gasteiger partial charge is 0.208 e. The van der Waals surface area contributed by atoms with Crippen molar-refractivity contribution in [1.29, 1.82) is 0 Å². The van der Waals surface area contributed by atoms with Crippen LogP contribution in [0.3, 0.4) is 0 Å². The summed E-state index contributed by atoms with van der Waals surface area (Å²) in [5.41, 5.74) is 2.76. The van der Waals surface area contributed by atoms with Gasteiger partial charge >= 0.3 is 0 Å². The molecule has 0 spiro atoms. The van der Waals surface area contributed by atoms with E-state index >= 15 is 0 Å². The van der Waals surface area contributed by atoms with Gasteiger partial charge in [0.25, 0.3) is 0 Å². The average molecular weight is 360 g/mol. The van der Waals surface area contributed by atoms with E-state index in [1.54, 1.807) is 18.6 Å². The fourth-order valence-electron chi connectivity index (χ4n) is 2.49. The molecular formula is C20H16N4OS. The van der Waals surface area contributed by atoms with Crippen LogP contribution in [0.5, 0.6) is 10.8 Å². The number of aromatic nitrogens is 3. The molecule has 26 heavy (non-hydrogen) atoms. The second-order valence-corrected chi connectivity index (χ2v) is 6.75. The van der Waals surface area contributed by atoms with Crippen LogP contribution in [0.2, 0.25) is 0 Å². The van der Waals surface area contributed by atoms with Crippen LogP contribution in [0.15, 0.2) is 73.2 Å². The summed E-state index contributed by atoms with van der Waals surface area (Å²) in [7, 11) is 0. The molecule has 0 bridgehead atoms. The number of anilines is 2. The first-order valence-corrected chi connectivity index (χ1v) is 8.93. The van der Waals surface area contributed by atoms with E-state index in [0.29, 0.717) is 11.6 Å². The molecule has 0 atom stereocenters. The number of aryl methyl sites for hydroxylation is 1. The monoisotopic (exact) mass is 360 g/mol. The van der Waals surface area contributed by atoms with Gasteiger partial charge in [-0.3, -0.25) is 4.98 Å². The van der Waals surface area contributed by atoms with Crippen LogP contribution in [0.25, 0.3) is 11.3 Å². The highest BCUT2D eigenvalue weighted by atomic mass is 32.1. The summed E-state index contributed by atoms with van der Waals surface area (Å²) in [6.07, 6.45) is 5.19. The molecule has 0 fully saturated rings. The van der Waals surface area contributed by atoms with Gasteiger partial charge in [0.05, 0.1) is 16.9 Å². The molecule has 1 N–H and O–H groups in total. The van der Waals surface area contributed by atoms with E-state index < -0.39 is 0 Å². The molecule has 1 aromatic carbocycles. The standard InChI is InChI=1S/C20H16N4OS/c1-14-23-19(15-6-3-2-4-7-15)20(26-14)25-17-9-11-22-18(12-17)24-16-8-5-10-21-13-16/h2-13H,1H3,(H,22,24). The number of nitrogens with one attached hydrogen (secondary N) is 1. The zero-order valence-electron chi connectivity index (χ0n) is 14.1. The number of benzene rings is 1. The molecule has 0 saturated carbocycles. The highest BCUT2D eigenvalue weighted by Gasteiger charge is 2.13. The first-order valence-electron chi connectivity index (χ1n) is 8.12.